The zero-order chi connectivity index (χ0) is 17.5. The van der Waals surface area contributed by atoms with Crippen molar-refractivity contribution in [2.24, 2.45) is 11.8 Å². The highest BCUT2D eigenvalue weighted by Gasteiger charge is 2.38. The van der Waals surface area contributed by atoms with E-state index in [4.69, 9.17) is 4.74 Å². The number of allylic oxidation sites excluding steroid dienone is 2. The summed E-state index contributed by atoms with van der Waals surface area (Å²) >= 11 is 0. The Morgan fingerprint density at radius 3 is 2.16 bits per heavy atom. The average Bonchev–Trinajstić information content (AvgIpc) is 3.14. The molecule has 0 aromatic heterocycles. The van der Waals surface area contributed by atoms with Crippen LogP contribution in [0.3, 0.4) is 0 Å². The molecule has 2 unspecified atom stereocenters. The van der Waals surface area contributed by atoms with Crippen molar-refractivity contribution in [3.63, 3.8) is 0 Å². The lowest BCUT2D eigenvalue weighted by Gasteiger charge is -2.16. The van der Waals surface area contributed by atoms with E-state index in [0.717, 1.165) is 6.42 Å². The van der Waals surface area contributed by atoms with Crippen LogP contribution in [0.15, 0.2) is 72.8 Å². The first-order chi connectivity index (χ1) is 12.3. The highest BCUT2D eigenvalue weighted by atomic mass is 16.5. The Kier molecular flexibility index (Phi) is 6.36. The summed E-state index contributed by atoms with van der Waals surface area (Å²) in [6.07, 6.45) is 10.8. The van der Waals surface area contributed by atoms with Crippen molar-refractivity contribution in [3.05, 3.63) is 96.0 Å². The molecule has 1 nitrogen and oxygen atoms in total. The predicted molar refractivity (Wildman–Crippen MR) is 105 cm³/mol. The molecule has 3 rings (SSSR count). The van der Waals surface area contributed by atoms with Gasteiger partial charge >= 0.3 is 0 Å². The molecule has 2 aromatic rings. The number of benzene rings is 2. The van der Waals surface area contributed by atoms with E-state index in [2.05, 4.69) is 79.7 Å². The summed E-state index contributed by atoms with van der Waals surface area (Å²) in [5.74, 6) is 2.59. The van der Waals surface area contributed by atoms with Crippen LogP contribution in [0.4, 0.5) is 0 Å². The molecule has 129 valence electrons. The molecular formula is C24H28O+. The maximum Gasteiger partial charge on any atom is 0.241 e. The molecule has 2 atom stereocenters. The molecule has 0 aliphatic heterocycles. The topological polar surface area (TPSA) is 9.23 Å². The van der Waals surface area contributed by atoms with Crippen molar-refractivity contribution >= 4 is 0 Å². The maximum atomic E-state index is 5.51. The number of methoxy groups -OCH3 is 1. The predicted octanol–water partition coefficient (Wildman–Crippen LogP) is 6.22. The Morgan fingerprint density at radius 2 is 1.60 bits per heavy atom. The largest absolute Gasteiger partial charge is 0.241 e. The first kappa shape index (κ1) is 17.8. The zero-order valence-electron chi connectivity index (χ0n) is 15.3. The summed E-state index contributed by atoms with van der Waals surface area (Å²) in [5, 5.41) is 0. The summed E-state index contributed by atoms with van der Waals surface area (Å²) in [7, 11) is 1.80. The van der Waals surface area contributed by atoms with Crippen LogP contribution >= 0.6 is 0 Å². The lowest BCUT2D eigenvalue weighted by molar-refractivity contribution is 0.153. The van der Waals surface area contributed by atoms with Crippen molar-refractivity contribution < 1.29 is 4.74 Å². The summed E-state index contributed by atoms with van der Waals surface area (Å²) in [5.41, 5.74) is 2.61. The van der Waals surface area contributed by atoms with Crippen LogP contribution in [0.1, 0.15) is 43.7 Å². The minimum Gasteiger partial charge on any atom is -0.197 e. The summed E-state index contributed by atoms with van der Waals surface area (Å²) < 4.78 is 5.51. The van der Waals surface area contributed by atoms with Gasteiger partial charge in [-0.1, -0.05) is 72.8 Å². The van der Waals surface area contributed by atoms with E-state index < -0.39 is 0 Å². The van der Waals surface area contributed by atoms with Gasteiger partial charge in [-0.05, 0) is 36.8 Å². The second-order valence-corrected chi connectivity index (χ2v) is 6.86. The molecule has 0 amide bonds. The van der Waals surface area contributed by atoms with E-state index in [-0.39, 0.29) is 0 Å². The van der Waals surface area contributed by atoms with E-state index in [1.807, 2.05) is 0 Å². The van der Waals surface area contributed by atoms with Crippen LogP contribution in [-0.4, -0.2) is 7.11 Å². The monoisotopic (exact) mass is 332 g/mol. The fourth-order valence-electron chi connectivity index (χ4n) is 3.92. The van der Waals surface area contributed by atoms with Crippen LogP contribution in [0, 0.1) is 23.9 Å². The molecule has 1 fully saturated rings. The van der Waals surface area contributed by atoms with Crippen LogP contribution < -0.4 is 0 Å². The van der Waals surface area contributed by atoms with Gasteiger partial charge in [-0.2, -0.15) is 4.74 Å². The number of rotatable bonds is 7. The van der Waals surface area contributed by atoms with Crippen LogP contribution in [0.5, 0.6) is 0 Å². The van der Waals surface area contributed by atoms with Gasteiger partial charge in [0.2, 0.25) is 6.10 Å². The van der Waals surface area contributed by atoms with Gasteiger partial charge in [0.05, 0.1) is 7.11 Å². The van der Waals surface area contributed by atoms with E-state index in [0.29, 0.717) is 11.8 Å². The van der Waals surface area contributed by atoms with Crippen molar-refractivity contribution in [3.8, 4) is 0 Å². The van der Waals surface area contributed by atoms with Gasteiger partial charge in [0.15, 0.2) is 0 Å². The van der Waals surface area contributed by atoms with Gasteiger partial charge in [0.1, 0.15) is 12.8 Å². The molecule has 0 heterocycles. The maximum absolute atomic E-state index is 5.51. The Bertz CT molecular complexity index is 607. The third-order valence-electron chi connectivity index (χ3n) is 5.36. The molecule has 1 aliphatic rings. The van der Waals surface area contributed by atoms with E-state index in [1.165, 1.54) is 42.4 Å². The van der Waals surface area contributed by atoms with Crippen molar-refractivity contribution in [1.82, 2.24) is 0 Å². The highest BCUT2D eigenvalue weighted by molar-refractivity contribution is 5.46. The van der Waals surface area contributed by atoms with Crippen LogP contribution in [0.2, 0.25) is 0 Å². The lowest BCUT2D eigenvalue weighted by Crippen LogP contribution is -2.14. The SMILES string of the molecule is CO[C+](C)C1CCCC1/C=C/C[C](c1ccccc1)c1ccccc1. The second-order valence-electron chi connectivity index (χ2n) is 6.86. The van der Waals surface area contributed by atoms with Gasteiger partial charge in [-0.3, -0.25) is 0 Å². The molecule has 0 N–H and O–H groups in total. The van der Waals surface area contributed by atoms with Crippen LogP contribution in [-0.2, 0) is 4.74 Å². The molecule has 1 heteroatoms. The van der Waals surface area contributed by atoms with Crippen molar-refractivity contribution in [2.45, 2.75) is 32.6 Å². The van der Waals surface area contributed by atoms with Gasteiger partial charge in [0, 0.05) is 11.8 Å². The average molecular weight is 332 g/mol. The lowest BCUT2D eigenvalue weighted by atomic mass is 9.86. The molecule has 2 aromatic carbocycles. The molecule has 0 saturated heterocycles. The van der Waals surface area contributed by atoms with Crippen molar-refractivity contribution in [1.29, 1.82) is 0 Å². The van der Waals surface area contributed by atoms with E-state index >= 15 is 0 Å². The zero-order valence-corrected chi connectivity index (χ0v) is 15.3. The van der Waals surface area contributed by atoms with Gasteiger partial charge in [-0.15, -0.1) is 0 Å². The number of hydrogen-bond donors (Lipinski definition) is 0. The minimum atomic E-state index is 0.582. The molecular weight excluding hydrogens is 304 g/mol. The minimum absolute atomic E-state index is 0.582. The first-order valence-corrected chi connectivity index (χ1v) is 9.30. The highest BCUT2D eigenvalue weighted by Crippen LogP contribution is 2.39. The second kappa shape index (κ2) is 8.92. The summed E-state index contributed by atoms with van der Waals surface area (Å²) in [4.78, 5) is 0. The van der Waals surface area contributed by atoms with E-state index in [9.17, 15) is 0 Å². The first-order valence-electron chi connectivity index (χ1n) is 9.30. The van der Waals surface area contributed by atoms with Gasteiger partial charge in [0.25, 0.3) is 0 Å². The molecule has 0 spiro atoms. The smallest absolute Gasteiger partial charge is 0.197 e. The molecule has 1 saturated carbocycles. The Balaban J connectivity index is 1.73. The number of hydrogen-bond acceptors (Lipinski definition) is 1. The molecule has 1 radical (unpaired) electrons. The molecule has 0 bridgehead atoms. The molecule has 1 aliphatic carbocycles. The molecule has 25 heavy (non-hydrogen) atoms. The Labute approximate surface area is 152 Å². The quantitative estimate of drug-likeness (QED) is 0.432. The standard InChI is InChI=1S/C24H28O/c1-19(25-2)23-17-9-15-20(23)16-10-18-24(21-11-5-3-6-12-21)22-13-7-4-8-14-22/h3-8,10-14,16,20,23H,9,15,17-18H2,1-2H3/q+1/b16-10+. The summed E-state index contributed by atoms with van der Waals surface area (Å²) in [6.45, 7) is 2.13. The third kappa shape index (κ3) is 4.55. The summed E-state index contributed by atoms with van der Waals surface area (Å²) in [6, 6.07) is 21.4. The van der Waals surface area contributed by atoms with Crippen LogP contribution in [0.25, 0.3) is 0 Å². The Hall–Kier alpha value is -1.99. The van der Waals surface area contributed by atoms with Crippen molar-refractivity contribution in [2.75, 3.05) is 7.11 Å². The fourth-order valence-corrected chi connectivity index (χ4v) is 3.92. The van der Waals surface area contributed by atoms with Gasteiger partial charge < -0.3 is 0 Å². The third-order valence-corrected chi connectivity index (χ3v) is 5.36. The van der Waals surface area contributed by atoms with Gasteiger partial charge in [-0.25, -0.2) is 0 Å². The Morgan fingerprint density at radius 1 is 1.00 bits per heavy atom. The normalized spacial score (nSPS) is 20.4. The number of ether oxygens (including phenoxy) is 1. The van der Waals surface area contributed by atoms with E-state index in [1.54, 1.807) is 7.11 Å². The fraction of sp³-hybridized carbons (Fsp3) is 0.333.